The first-order valence-corrected chi connectivity index (χ1v) is 5.63. The molecule has 0 nitrogen and oxygen atoms in total. The maximum atomic E-state index is 12.7. The van der Waals surface area contributed by atoms with Crippen LogP contribution in [0.15, 0.2) is 0 Å². The van der Waals surface area contributed by atoms with Crippen molar-refractivity contribution >= 4 is 10.2 Å². The molecule has 0 radical (unpaired) electrons. The second-order valence-electron chi connectivity index (χ2n) is 4.76. The van der Waals surface area contributed by atoms with Gasteiger partial charge < -0.3 is 0 Å². The van der Waals surface area contributed by atoms with Crippen molar-refractivity contribution < 1.29 is 13.2 Å². The number of rotatable bonds is 3. The molecular formula is C9H19F3Si. The highest BCUT2D eigenvalue weighted by Gasteiger charge is 2.55. The molecule has 0 amide bonds. The van der Waals surface area contributed by atoms with Gasteiger partial charge >= 0.3 is 6.18 Å². The normalized spacial score (nSPS) is 18.7. The SMILES string of the molecule is CCCC(C)(C)C(C)([SiH3])C(F)(F)F. The molecule has 0 aromatic rings. The highest BCUT2D eigenvalue weighted by atomic mass is 28.1. The molecule has 0 aliphatic heterocycles. The Morgan fingerprint density at radius 2 is 1.46 bits per heavy atom. The zero-order chi connectivity index (χ0) is 10.9. The lowest BCUT2D eigenvalue weighted by molar-refractivity contribution is -0.187. The predicted molar refractivity (Wildman–Crippen MR) is 53.1 cm³/mol. The molecule has 1 atom stereocenters. The molecule has 0 fully saturated rings. The first kappa shape index (κ1) is 13.0. The second-order valence-corrected chi connectivity index (χ2v) is 6.76. The maximum Gasteiger partial charge on any atom is 0.391 e. The molecule has 0 aromatic carbocycles. The van der Waals surface area contributed by atoms with Crippen LogP contribution in [-0.4, -0.2) is 16.4 Å². The van der Waals surface area contributed by atoms with Crippen molar-refractivity contribution in [3.05, 3.63) is 0 Å². The molecule has 0 rings (SSSR count). The molecule has 0 spiro atoms. The molecule has 80 valence electrons. The average molecular weight is 212 g/mol. The molecule has 0 N–H and O–H groups in total. The molecule has 4 heteroatoms. The summed E-state index contributed by atoms with van der Waals surface area (Å²) in [6.07, 6.45) is -2.62. The summed E-state index contributed by atoms with van der Waals surface area (Å²) in [4.78, 5) is 0. The molecule has 1 unspecified atom stereocenters. The highest BCUT2D eigenvalue weighted by molar-refractivity contribution is 6.16. The van der Waals surface area contributed by atoms with Crippen molar-refractivity contribution in [1.29, 1.82) is 0 Å². The summed E-state index contributed by atoms with van der Waals surface area (Å²) in [6.45, 7) is 6.71. The zero-order valence-corrected chi connectivity index (χ0v) is 11.0. The van der Waals surface area contributed by atoms with Gasteiger partial charge in [-0.3, -0.25) is 0 Å². The molecule has 0 aromatic heterocycles. The van der Waals surface area contributed by atoms with Crippen LogP contribution >= 0.6 is 0 Å². The molecule has 0 saturated heterocycles. The van der Waals surface area contributed by atoms with Gasteiger partial charge in [0.1, 0.15) is 0 Å². The zero-order valence-electron chi connectivity index (χ0n) is 9.05. The minimum atomic E-state index is -4.06. The summed E-state index contributed by atoms with van der Waals surface area (Å²) in [6, 6.07) is 0. The first-order valence-electron chi connectivity index (χ1n) is 4.63. The van der Waals surface area contributed by atoms with Gasteiger partial charge in [0.15, 0.2) is 0 Å². The van der Waals surface area contributed by atoms with Gasteiger partial charge in [-0.25, -0.2) is 0 Å². The van der Waals surface area contributed by atoms with Crippen molar-refractivity contribution in [2.75, 3.05) is 0 Å². The van der Waals surface area contributed by atoms with E-state index in [-0.39, 0.29) is 10.2 Å². The van der Waals surface area contributed by atoms with Gasteiger partial charge in [0.2, 0.25) is 0 Å². The van der Waals surface area contributed by atoms with Crippen LogP contribution in [0.3, 0.4) is 0 Å². The van der Waals surface area contributed by atoms with Gasteiger partial charge in [0.05, 0.1) is 5.04 Å². The average Bonchev–Trinajstić information content (AvgIpc) is 1.84. The van der Waals surface area contributed by atoms with Gasteiger partial charge in [0, 0.05) is 10.2 Å². The molecule has 0 saturated carbocycles. The van der Waals surface area contributed by atoms with Crippen LogP contribution < -0.4 is 0 Å². The predicted octanol–water partition coefficient (Wildman–Crippen LogP) is 2.92. The van der Waals surface area contributed by atoms with Crippen LogP contribution in [0.2, 0.25) is 5.04 Å². The summed E-state index contributed by atoms with van der Waals surface area (Å²) in [5.74, 6) is 0. The summed E-state index contributed by atoms with van der Waals surface area (Å²) in [7, 11) is 0.155. The quantitative estimate of drug-likeness (QED) is 0.631. The molecule has 13 heavy (non-hydrogen) atoms. The molecule has 0 aliphatic rings. The number of alkyl halides is 3. The van der Waals surface area contributed by atoms with Crippen molar-refractivity contribution in [2.24, 2.45) is 5.41 Å². The van der Waals surface area contributed by atoms with E-state index in [9.17, 15) is 13.2 Å². The largest absolute Gasteiger partial charge is 0.391 e. The minimum Gasteiger partial charge on any atom is -0.171 e. The molecule has 0 bridgehead atoms. The summed E-state index contributed by atoms with van der Waals surface area (Å²) in [5, 5.41) is -1.48. The summed E-state index contributed by atoms with van der Waals surface area (Å²) in [5.41, 5.74) is -0.633. The standard InChI is InChI=1S/C9H19F3Si/c1-5-6-7(2,3)8(4,13)9(10,11)12/h5-6H2,1-4,13H3. The monoisotopic (exact) mass is 212 g/mol. The van der Waals surface area contributed by atoms with Crippen LogP contribution in [0.5, 0.6) is 0 Å². The van der Waals surface area contributed by atoms with Crippen LogP contribution in [-0.2, 0) is 0 Å². The Hall–Kier alpha value is 0.00688. The Morgan fingerprint density at radius 3 is 1.69 bits per heavy atom. The van der Waals surface area contributed by atoms with E-state index in [1.54, 1.807) is 13.8 Å². The van der Waals surface area contributed by atoms with Gasteiger partial charge in [-0.2, -0.15) is 13.2 Å². The fourth-order valence-electron chi connectivity index (χ4n) is 1.32. The lowest BCUT2D eigenvalue weighted by Gasteiger charge is -2.43. The summed E-state index contributed by atoms with van der Waals surface area (Å²) >= 11 is 0. The van der Waals surface area contributed by atoms with E-state index in [4.69, 9.17) is 0 Å². The fraction of sp³-hybridized carbons (Fsp3) is 1.00. The number of halogens is 3. The van der Waals surface area contributed by atoms with E-state index >= 15 is 0 Å². The van der Waals surface area contributed by atoms with Gasteiger partial charge in [-0.15, -0.1) is 0 Å². The maximum absolute atomic E-state index is 12.7. The van der Waals surface area contributed by atoms with E-state index in [2.05, 4.69) is 0 Å². The van der Waals surface area contributed by atoms with Crippen LogP contribution in [0.1, 0.15) is 40.5 Å². The third-order valence-corrected chi connectivity index (χ3v) is 5.20. The van der Waals surface area contributed by atoms with E-state index in [0.29, 0.717) is 6.42 Å². The smallest absolute Gasteiger partial charge is 0.171 e. The molecular weight excluding hydrogens is 193 g/mol. The van der Waals surface area contributed by atoms with Crippen LogP contribution in [0.25, 0.3) is 0 Å². The Bertz CT molecular complexity index is 170. The Kier molecular flexibility index (Phi) is 3.64. The van der Waals surface area contributed by atoms with Crippen LogP contribution in [0.4, 0.5) is 13.2 Å². The topological polar surface area (TPSA) is 0 Å². The lowest BCUT2D eigenvalue weighted by Crippen LogP contribution is -2.41. The summed E-state index contributed by atoms with van der Waals surface area (Å²) < 4.78 is 38.1. The van der Waals surface area contributed by atoms with E-state index in [1.165, 1.54) is 6.92 Å². The lowest BCUT2D eigenvalue weighted by atomic mass is 9.75. The molecule has 0 heterocycles. The Morgan fingerprint density at radius 1 is 1.08 bits per heavy atom. The first-order chi connectivity index (χ1) is 5.56. The van der Waals surface area contributed by atoms with Crippen molar-refractivity contribution in [3.8, 4) is 0 Å². The van der Waals surface area contributed by atoms with Gasteiger partial charge in [-0.1, -0.05) is 34.1 Å². The third-order valence-electron chi connectivity index (χ3n) is 3.28. The van der Waals surface area contributed by atoms with E-state index in [1.807, 2.05) is 6.92 Å². The molecule has 0 aliphatic carbocycles. The Balaban J connectivity index is 4.81. The van der Waals surface area contributed by atoms with Gasteiger partial charge in [-0.05, 0) is 11.8 Å². The fourth-order valence-corrected chi connectivity index (χ4v) is 1.57. The van der Waals surface area contributed by atoms with Gasteiger partial charge in [0.25, 0.3) is 0 Å². The van der Waals surface area contributed by atoms with Crippen molar-refractivity contribution in [1.82, 2.24) is 0 Å². The van der Waals surface area contributed by atoms with E-state index < -0.39 is 16.6 Å². The number of hydrogen-bond acceptors (Lipinski definition) is 0. The van der Waals surface area contributed by atoms with Crippen molar-refractivity contribution in [3.63, 3.8) is 0 Å². The number of hydrogen-bond donors (Lipinski definition) is 0. The Labute approximate surface area is 81.3 Å². The van der Waals surface area contributed by atoms with E-state index in [0.717, 1.165) is 6.42 Å². The second kappa shape index (κ2) is 3.63. The third kappa shape index (κ3) is 2.48. The van der Waals surface area contributed by atoms with Crippen molar-refractivity contribution in [2.45, 2.75) is 51.8 Å². The minimum absolute atomic E-state index is 0.155. The van der Waals surface area contributed by atoms with Crippen LogP contribution in [0, 0.1) is 5.41 Å². The highest BCUT2D eigenvalue weighted by Crippen LogP contribution is 2.56.